The van der Waals surface area contributed by atoms with E-state index in [4.69, 9.17) is 10.5 Å². The minimum Gasteiger partial charge on any atom is -0.461 e. The van der Waals surface area contributed by atoms with E-state index in [1.54, 1.807) is 11.8 Å². The van der Waals surface area contributed by atoms with Crippen LogP contribution in [0.4, 0.5) is 41.6 Å². The molecule has 0 bridgehead atoms. The number of amides is 1. The van der Waals surface area contributed by atoms with E-state index in [2.05, 4.69) is 9.97 Å². The average Bonchev–Trinajstić information content (AvgIpc) is 3.47. The maximum atomic E-state index is 17.2. The number of thiophene rings is 1. The summed E-state index contributed by atoms with van der Waals surface area (Å²) in [5.74, 6) is -3.36. The van der Waals surface area contributed by atoms with Gasteiger partial charge >= 0.3 is 12.2 Å². The number of anilines is 2. The molecular weight excluding hydrogens is 727 g/mol. The van der Waals surface area contributed by atoms with Gasteiger partial charge in [-0.25, -0.2) is 17.6 Å². The number of halogens is 7. The van der Waals surface area contributed by atoms with E-state index >= 15 is 17.6 Å². The summed E-state index contributed by atoms with van der Waals surface area (Å²) in [4.78, 5) is 27.0. The van der Waals surface area contributed by atoms with Gasteiger partial charge in [0.05, 0.1) is 27.3 Å². The molecule has 3 saturated heterocycles. The average molecular weight is 762 g/mol. The highest BCUT2D eigenvalue weighted by Crippen LogP contribution is 2.49. The molecule has 0 radical (unpaired) electrons. The smallest absolute Gasteiger partial charge is 0.417 e. The largest absolute Gasteiger partial charge is 0.461 e. The SMILES string of the molecule is CCN(c1nc(OCC23CCCN2CC(F)C3)nc2c(F)c(-c3ccc(F)c4sc(N)c(C#N)c34)c(C(F)(F)F)cc12)C1CCN(C(=O)C2CC2F)C1. The maximum absolute atomic E-state index is 17.2. The second-order valence-electron chi connectivity index (χ2n) is 14.3. The first-order valence-corrected chi connectivity index (χ1v) is 18.3. The van der Waals surface area contributed by atoms with Crippen molar-refractivity contribution in [3.8, 4) is 23.2 Å². The molecule has 4 aromatic rings. The van der Waals surface area contributed by atoms with Crippen molar-refractivity contribution in [3.05, 3.63) is 41.0 Å². The van der Waals surface area contributed by atoms with Crippen molar-refractivity contribution in [3.63, 3.8) is 0 Å². The number of carbonyl (C=O) groups is 1. The molecule has 5 heterocycles. The minimum atomic E-state index is -5.15. The number of nitrogen functional groups attached to an aromatic ring is 1. The van der Waals surface area contributed by atoms with Gasteiger partial charge in [-0.1, -0.05) is 6.07 Å². The molecule has 2 aromatic heterocycles. The van der Waals surface area contributed by atoms with Gasteiger partial charge in [-0.3, -0.25) is 9.69 Å². The number of nitrogens with zero attached hydrogens (tertiary/aromatic N) is 6. The van der Waals surface area contributed by atoms with Crippen LogP contribution in [-0.2, 0) is 11.0 Å². The minimum absolute atomic E-state index is 0.0462. The van der Waals surface area contributed by atoms with Gasteiger partial charge in [0.25, 0.3) is 0 Å². The van der Waals surface area contributed by atoms with Gasteiger partial charge in [0.15, 0.2) is 5.82 Å². The predicted molar refractivity (Wildman–Crippen MR) is 184 cm³/mol. The first-order chi connectivity index (χ1) is 25.2. The topological polar surface area (TPSA) is 112 Å². The quantitative estimate of drug-likeness (QED) is 0.191. The van der Waals surface area contributed by atoms with Crippen LogP contribution in [0, 0.1) is 28.9 Å². The van der Waals surface area contributed by atoms with E-state index in [9.17, 15) is 23.2 Å². The molecule has 280 valence electrons. The highest BCUT2D eigenvalue weighted by Gasteiger charge is 2.50. The van der Waals surface area contributed by atoms with Crippen molar-refractivity contribution in [1.29, 1.82) is 5.26 Å². The Balaban J connectivity index is 1.31. The number of fused-ring (bicyclic) bond motifs is 3. The van der Waals surface area contributed by atoms with Gasteiger partial charge < -0.3 is 20.3 Å². The van der Waals surface area contributed by atoms with Crippen molar-refractivity contribution in [1.82, 2.24) is 19.8 Å². The van der Waals surface area contributed by atoms with Crippen LogP contribution in [0.2, 0.25) is 0 Å². The lowest BCUT2D eigenvalue weighted by molar-refractivity contribution is -0.137. The molecule has 0 spiro atoms. The Morgan fingerprint density at radius 2 is 1.98 bits per heavy atom. The second kappa shape index (κ2) is 12.9. The van der Waals surface area contributed by atoms with E-state index in [1.807, 2.05) is 11.0 Å². The van der Waals surface area contributed by atoms with Crippen molar-refractivity contribution in [2.24, 2.45) is 5.92 Å². The zero-order valence-corrected chi connectivity index (χ0v) is 29.3. The number of carbonyl (C=O) groups excluding carboxylic acids is 1. The molecule has 9 nitrogen and oxygen atoms in total. The van der Waals surface area contributed by atoms with Crippen molar-refractivity contribution < 1.29 is 40.3 Å². The lowest BCUT2D eigenvalue weighted by Gasteiger charge is -2.32. The number of rotatable bonds is 8. The number of hydrogen-bond donors (Lipinski definition) is 1. The maximum Gasteiger partial charge on any atom is 0.417 e. The number of hydrogen-bond acceptors (Lipinski definition) is 9. The first-order valence-electron chi connectivity index (χ1n) is 17.5. The van der Waals surface area contributed by atoms with Gasteiger partial charge in [0, 0.05) is 55.0 Å². The van der Waals surface area contributed by atoms with E-state index in [-0.39, 0.29) is 89.4 Å². The zero-order valence-electron chi connectivity index (χ0n) is 28.5. The molecule has 1 amide bonds. The second-order valence-corrected chi connectivity index (χ2v) is 15.4. The fraction of sp³-hybridized carbons (Fsp3) is 0.500. The van der Waals surface area contributed by atoms with E-state index < -0.39 is 69.9 Å². The molecule has 5 atom stereocenters. The summed E-state index contributed by atoms with van der Waals surface area (Å²) in [7, 11) is 0. The Labute approximate surface area is 303 Å². The molecule has 17 heteroatoms. The molecule has 53 heavy (non-hydrogen) atoms. The Morgan fingerprint density at radius 3 is 2.68 bits per heavy atom. The first kappa shape index (κ1) is 35.6. The van der Waals surface area contributed by atoms with Crippen LogP contribution >= 0.6 is 11.3 Å². The predicted octanol–water partition coefficient (Wildman–Crippen LogP) is 7.00. The summed E-state index contributed by atoms with van der Waals surface area (Å²) in [5.41, 5.74) is 1.74. The van der Waals surface area contributed by atoms with Crippen molar-refractivity contribution >= 4 is 49.1 Å². The summed E-state index contributed by atoms with van der Waals surface area (Å²) in [6.07, 6.45) is -5.23. The van der Waals surface area contributed by atoms with Gasteiger partial charge in [-0.15, -0.1) is 11.3 Å². The molecule has 2 N–H and O–H groups in total. The van der Waals surface area contributed by atoms with Crippen LogP contribution in [-0.4, -0.2) is 88.9 Å². The van der Waals surface area contributed by atoms with Crippen molar-refractivity contribution in [2.75, 3.05) is 50.0 Å². The Morgan fingerprint density at radius 1 is 1.21 bits per heavy atom. The highest BCUT2D eigenvalue weighted by molar-refractivity contribution is 7.23. The van der Waals surface area contributed by atoms with Gasteiger partial charge in [0.1, 0.15) is 47.2 Å². The van der Waals surface area contributed by atoms with Crippen LogP contribution in [0.25, 0.3) is 32.1 Å². The Kier molecular flexibility index (Phi) is 8.64. The molecule has 2 aromatic carbocycles. The number of likely N-dealkylation sites (N-methyl/N-ethyl adjacent to an activating group) is 1. The molecule has 4 aliphatic rings. The number of alkyl halides is 5. The standard InChI is InChI=1S/C36H34F7N7O2S/c1-2-50(18-6-9-48(15-18)33(51)20-11-25(20)39)32-21-10-23(36(41,42)43)27(19-4-5-24(38)30-26(19)22(13-44)31(45)53-30)28(40)29(21)46-34(47-32)52-16-35-7-3-8-49(35)14-17(37)12-35/h4-5,10,17-18,20,25H,2-3,6-9,11-12,14-16,45H2,1H3. The summed E-state index contributed by atoms with van der Waals surface area (Å²) in [5, 5.41) is 9.16. The summed E-state index contributed by atoms with van der Waals surface area (Å²) >= 11 is 0.666. The monoisotopic (exact) mass is 761 g/mol. The van der Waals surface area contributed by atoms with Crippen LogP contribution in [0.3, 0.4) is 0 Å². The lowest BCUT2D eigenvalue weighted by atomic mass is 9.92. The van der Waals surface area contributed by atoms with Crippen LogP contribution < -0.4 is 15.4 Å². The molecular formula is C36H34F7N7O2S. The van der Waals surface area contributed by atoms with E-state index in [0.29, 0.717) is 30.7 Å². The van der Waals surface area contributed by atoms with E-state index in [1.165, 1.54) is 4.90 Å². The normalized spacial score (nSPS) is 25.7. The number of aromatic nitrogens is 2. The summed E-state index contributed by atoms with van der Waals surface area (Å²) in [6, 6.07) is 3.61. The number of benzene rings is 2. The van der Waals surface area contributed by atoms with Gasteiger partial charge in [-0.2, -0.15) is 28.4 Å². The van der Waals surface area contributed by atoms with Crippen molar-refractivity contribution in [2.45, 2.75) is 69.1 Å². The van der Waals surface area contributed by atoms with Gasteiger partial charge in [0.2, 0.25) is 5.91 Å². The molecule has 1 aliphatic carbocycles. The summed E-state index contributed by atoms with van der Waals surface area (Å²) in [6.45, 7) is 3.20. The lowest BCUT2D eigenvalue weighted by Crippen LogP contribution is -2.43. The Hall–Kier alpha value is -4.43. The van der Waals surface area contributed by atoms with Crippen LogP contribution in [0.1, 0.15) is 50.2 Å². The number of nitrogens with two attached hydrogens (primary N) is 1. The molecule has 8 rings (SSSR count). The molecule has 5 unspecified atom stereocenters. The number of ether oxygens (including phenoxy) is 1. The zero-order chi connectivity index (χ0) is 37.6. The van der Waals surface area contributed by atoms with Gasteiger partial charge in [-0.05, 0) is 56.8 Å². The third-order valence-electron chi connectivity index (χ3n) is 11.2. The third-order valence-corrected chi connectivity index (χ3v) is 12.2. The van der Waals surface area contributed by atoms with Crippen LogP contribution in [0.5, 0.6) is 6.01 Å². The number of nitriles is 1. The molecule has 4 fully saturated rings. The number of likely N-dealkylation sites (tertiary alicyclic amines) is 1. The fourth-order valence-electron chi connectivity index (χ4n) is 8.55. The Bertz CT molecular complexity index is 2190. The fourth-order valence-corrected chi connectivity index (χ4v) is 9.50. The van der Waals surface area contributed by atoms with Crippen LogP contribution in [0.15, 0.2) is 18.2 Å². The third kappa shape index (κ3) is 5.88. The van der Waals surface area contributed by atoms with E-state index in [0.717, 1.165) is 24.6 Å². The molecule has 1 saturated carbocycles. The highest BCUT2D eigenvalue weighted by atomic mass is 32.1. The molecule has 3 aliphatic heterocycles. The summed E-state index contributed by atoms with van der Waals surface area (Å²) < 4.78 is 112.